The van der Waals surface area contributed by atoms with Gasteiger partial charge in [-0.25, -0.2) is 0 Å². The number of ether oxygens (including phenoxy) is 1. The van der Waals surface area contributed by atoms with Gasteiger partial charge in [0.2, 0.25) is 11.7 Å². The lowest BCUT2D eigenvalue weighted by atomic mass is 9.79. The van der Waals surface area contributed by atoms with Gasteiger partial charge in [0.1, 0.15) is 5.60 Å². The van der Waals surface area contributed by atoms with E-state index in [9.17, 15) is 0 Å². The lowest BCUT2D eigenvalue weighted by Crippen LogP contribution is -2.35. The van der Waals surface area contributed by atoms with Gasteiger partial charge in [0, 0.05) is 6.61 Å². The van der Waals surface area contributed by atoms with Gasteiger partial charge < -0.3 is 15.0 Å². The minimum Gasteiger partial charge on any atom is -0.367 e. The standard InChI is InChI=1S/C16H29N3O2/c1-6-20-16(9-7-11(2)8-10-16)14-18-13(21-19-14)12(17)15(3,4)5/h11-12H,6-10,17H2,1-5H3. The van der Waals surface area contributed by atoms with Crippen molar-refractivity contribution in [3.63, 3.8) is 0 Å². The molecule has 0 bridgehead atoms. The molecule has 1 aromatic rings. The molecule has 0 aromatic carbocycles. The molecule has 1 aliphatic carbocycles. The molecule has 0 amide bonds. The van der Waals surface area contributed by atoms with Gasteiger partial charge in [-0.05, 0) is 43.9 Å². The van der Waals surface area contributed by atoms with Crippen LogP contribution in [0.15, 0.2) is 4.52 Å². The number of nitrogens with zero attached hydrogens (tertiary/aromatic N) is 2. The maximum Gasteiger partial charge on any atom is 0.244 e. The van der Waals surface area contributed by atoms with Crippen LogP contribution in [0.5, 0.6) is 0 Å². The molecule has 1 aliphatic rings. The molecule has 120 valence electrons. The lowest BCUT2D eigenvalue weighted by molar-refractivity contribution is -0.0847. The van der Waals surface area contributed by atoms with E-state index >= 15 is 0 Å². The molecule has 0 aliphatic heterocycles. The Morgan fingerprint density at radius 3 is 2.52 bits per heavy atom. The first-order chi connectivity index (χ1) is 9.78. The summed E-state index contributed by atoms with van der Waals surface area (Å²) in [6, 6.07) is -0.264. The van der Waals surface area contributed by atoms with Crippen molar-refractivity contribution in [3.8, 4) is 0 Å². The molecule has 0 saturated heterocycles. The SMILES string of the molecule is CCOC1(c2noc(C(N)C(C)(C)C)n2)CCC(C)CC1. The van der Waals surface area contributed by atoms with E-state index in [4.69, 9.17) is 15.0 Å². The molecule has 1 unspecified atom stereocenters. The first-order valence-electron chi connectivity index (χ1n) is 8.02. The van der Waals surface area contributed by atoms with Crippen LogP contribution in [-0.2, 0) is 10.3 Å². The van der Waals surface area contributed by atoms with Gasteiger partial charge in [-0.15, -0.1) is 0 Å². The van der Waals surface area contributed by atoms with Gasteiger partial charge in [0.15, 0.2) is 0 Å². The molecule has 1 saturated carbocycles. The first-order valence-corrected chi connectivity index (χ1v) is 8.02. The monoisotopic (exact) mass is 295 g/mol. The van der Waals surface area contributed by atoms with Crippen LogP contribution in [0.4, 0.5) is 0 Å². The minimum atomic E-state index is -0.388. The van der Waals surface area contributed by atoms with Crippen LogP contribution in [0.25, 0.3) is 0 Å². The van der Waals surface area contributed by atoms with E-state index < -0.39 is 0 Å². The van der Waals surface area contributed by atoms with Gasteiger partial charge >= 0.3 is 0 Å². The Morgan fingerprint density at radius 2 is 2.00 bits per heavy atom. The fraction of sp³-hybridized carbons (Fsp3) is 0.875. The van der Waals surface area contributed by atoms with E-state index in [0.717, 1.165) is 31.6 Å². The highest BCUT2D eigenvalue weighted by Gasteiger charge is 2.41. The van der Waals surface area contributed by atoms with Crippen LogP contribution in [0.3, 0.4) is 0 Å². The normalized spacial score (nSPS) is 28.6. The Kier molecular flexibility index (Phi) is 4.73. The third-order valence-corrected chi connectivity index (χ3v) is 4.55. The highest BCUT2D eigenvalue weighted by molar-refractivity contribution is 5.06. The molecular formula is C16H29N3O2. The second kappa shape index (κ2) is 6.05. The van der Waals surface area contributed by atoms with Crippen molar-refractivity contribution in [2.75, 3.05) is 6.61 Å². The molecule has 21 heavy (non-hydrogen) atoms. The molecule has 1 fully saturated rings. The van der Waals surface area contributed by atoms with Crippen LogP contribution in [0, 0.1) is 11.3 Å². The first kappa shape index (κ1) is 16.4. The second-order valence-corrected chi connectivity index (χ2v) is 7.41. The summed E-state index contributed by atoms with van der Waals surface area (Å²) in [5.41, 5.74) is 5.72. The number of nitrogens with two attached hydrogens (primary N) is 1. The average Bonchev–Trinajstić information content (AvgIpc) is 2.90. The van der Waals surface area contributed by atoms with Crippen LogP contribution in [0.2, 0.25) is 0 Å². The van der Waals surface area contributed by atoms with Gasteiger partial charge in [0.25, 0.3) is 0 Å². The van der Waals surface area contributed by atoms with E-state index in [-0.39, 0.29) is 17.1 Å². The highest BCUT2D eigenvalue weighted by atomic mass is 16.5. The molecule has 2 rings (SSSR count). The molecule has 0 radical (unpaired) electrons. The third kappa shape index (κ3) is 3.46. The lowest BCUT2D eigenvalue weighted by Gasteiger charge is -2.36. The van der Waals surface area contributed by atoms with Crippen molar-refractivity contribution < 1.29 is 9.26 Å². The number of aromatic nitrogens is 2. The molecule has 1 heterocycles. The van der Waals surface area contributed by atoms with E-state index in [0.29, 0.717) is 18.3 Å². The van der Waals surface area contributed by atoms with Crippen molar-refractivity contribution in [2.45, 2.75) is 71.9 Å². The van der Waals surface area contributed by atoms with Gasteiger partial charge in [0.05, 0.1) is 6.04 Å². The zero-order valence-corrected chi connectivity index (χ0v) is 14.0. The molecule has 1 aromatic heterocycles. The molecule has 5 nitrogen and oxygen atoms in total. The van der Waals surface area contributed by atoms with Gasteiger partial charge in [-0.1, -0.05) is 32.9 Å². The third-order valence-electron chi connectivity index (χ3n) is 4.55. The van der Waals surface area contributed by atoms with Crippen molar-refractivity contribution in [1.29, 1.82) is 0 Å². The Hall–Kier alpha value is -0.940. The van der Waals surface area contributed by atoms with Crippen LogP contribution in [0.1, 0.15) is 78.1 Å². The molecule has 1 atom stereocenters. The Balaban J connectivity index is 2.24. The van der Waals surface area contributed by atoms with Crippen LogP contribution < -0.4 is 5.73 Å². The second-order valence-electron chi connectivity index (χ2n) is 7.41. The summed E-state index contributed by atoms with van der Waals surface area (Å²) < 4.78 is 11.5. The van der Waals surface area contributed by atoms with E-state index in [2.05, 4.69) is 37.8 Å². The molecule has 0 spiro atoms. The van der Waals surface area contributed by atoms with E-state index in [1.807, 2.05) is 6.92 Å². The Labute approximate surface area is 127 Å². The van der Waals surface area contributed by atoms with Gasteiger partial charge in [-0.3, -0.25) is 0 Å². The number of hydrogen-bond acceptors (Lipinski definition) is 5. The zero-order chi connectivity index (χ0) is 15.7. The quantitative estimate of drug-likeness (QED) is 0.919. The van der Waals surface area contributed by atoms with Crippen LogP contribution >= 0.6 is 0 Å². The van der Waals surface area contributed by atoms with E-state index in [1.165, 1.54) is 0 Å². The summed E-state index contributed by atoms with van der Waals surface area (Å²) in [6.07, 6.45) is 4.17. The topological polar surface area (TPSA) is 74.2 Å². The molecule has 5 heteroatoms. The zero-order valence-electron chi connectivity index (χ0n) is 14.0. The van der Waals surface area contributed by atoms with Crippen molar-refractivity contribution >= 4 is 0 Å². The predicted molar refractivity (Wildman–Crippen MR) is 81.6 cm³/mol. The number of hydrogen-bond donors (Lipinski definition) is 1. The largest absolute Gasteiger partial charge is 0.367 e. The Bertz CT molecular complexity index is 456. The number of rotatable bonds is 4. The molecular weight excluding hydrogens is 266 g/mol. The van der Waals surface area contributed by atoms with Crippen molar-refractivity contribution in [1.82, 2.24) is 10.1 Å². The summed E-state index contributed by atoms with van der Waals surface area (Å²) in [6.45, 7) is 11.2. The fourth-order valence-corrected chi connectivity index (χ4v) is 2.85. The smallest absolute Gasteiger partial charge is 0.244 e. The summed E-state index contributed by atoms with van der Waals surface area (Å²) in [5.74, 6) is 1.92. The van der Waals surface area contributed by atoms with Crippen LogP contribution in [-0.4, -0.2) is 16.7 Å². The maximum atomic E-state index is 6.22. The van der Waals surface area contributed by atoms with E-state index in [1.54, 1.807) is 0 Å². The summed E-state index contributed by atoms with van der Waals surface area (Å²) in [4.78, 5) is 4.59. The molecule has 2 N–H and O–H groups in total. The minimum absolute atomic E-state index is 0.107. The summed E-state index contributed by atoms with van der Waals surface area (Å²) in [5, 5.41) is 4.20. The van der Waals surface area contributed by atoms with Crippen molar-refractivity contribution in [3.05, 3.63) is 11.7 Å². The average molecular weight is 295 g/mol. The van der Waals surface area contributed by atoms with Crippen molar-refractivity contribution in [2.24, 2.45) is 17.1 Å². The van der Waals surface area contributed by atoms with Gasteiger partial charge in [-0.2, -0.15) is 4.98 Å². The fourth-order valence-electron chi connectivity index (χ4n) is 2.85. The highest BCUT2D eigenvalue weighted by Crippen LogP contribution is 2.42. The predicted octanol–water partition coefficient (Wildman–Crippen LogP) is 3.56. The summed E-state index contributed by atoms with van der Waals surface area (Å²) >= 11 is 0. The Morgan fingerprint density at radius 1 is 1.38 bits per heavy atom. The summed E-state index contributed by atoms with van der Waals surface area (Å²) in [7, 11) is 0. The maximum absolute atomic E-state index is 6.22.